The lowest BCUT2D eigenvalue weighted by Crippen LogP contribution is -2.27. The predicted octanol–water partition coefficient (Wildman–Crippen LogP) is 2.62. The molecule has 0 unspecified atom stereocenters. The van der Waals surface area contributed by atoms with Crippen LogP contribution in [-0.4, -0.2) is 36.1 Å². The van der Waals surface area contributed by atoms with E-state index < -0.39 is 11.7 Å². The number of methoxy groups -OCH3 is 1. The summed E-state index contributed by atoms with van der Waals surface area (Å²) in [5.41, 5.74) is -0.0681. The second-order valence-corrected chi connectivity index (χ2v) is 4.74. The number of nitrogens with one attached hydrogen (secondary N) is 2. The Labute approximate surface area is 136 Å². The van der Waals surface area contributed by atoms with Crippen molar-refractivity contribution in [2.24, 2.45) is 0 Å². The third-order valence-corrected chi connectivity index (χ3v) is 2.97. The van der Waals surface area contributed by atoms with Gasteiger partial charge in [0.15, 0.2) is 0 Å². The first-order valence-corrected chi connectivity index (χ1v) is 6.93. The Morgan fingerprint density at radius 3 is 2.33 bits per heavy atom. The molecule has 1 aromatic heterocycles. The van der Waals surface area contributed by atoms with E-state index in [1.165, 1.54) is 31.6 Å². The van der Waals surface area contributed by atoms with E-state index in [0.717, 1.165) is 12.1 Å². The Bertz CT molecular complexity index is 673. The number of anilines is 2. The van der Waals surface area contributed by atoms with Crippen molar-refractivity contribution in [2.75, 3.05) is 25.6 Å². The van der Waals surface area contributed by atoms with Gasteiger partial charge in [0.2, 0.25) is 5.95 Å². The number of nitrogens with zero attached hydrogens (tertiary/aromatic N) is 2. The number of aromatic nitrogens is 2. The van der Waals surface area contributed by atoms with Gasteiger partial charge in [-0.1, -0.05) is 0 Å². The Hall–Kier alpha value is -2.68. The van der Waals surface area contributed by atoms with E-state index in [0.29, 0.717) is 18.8 Å². The number of hydrogen-bond acceptors (Lipinski definition) is 5. The third-order valence-electron chi connectivity index (χ3n) is 2.97. The van der Waals surface area contributed by atoms with Crippen molar-refractivity contribution in [3.05, 3.63) is 47.8 Å². The summed E-state index contributed by atoms with van der Waals surface area (Å²) in [5, 5.41) is 5.38. The van der Waals surface area contributed by atoms with Gasteiger partial charge in [0, 0.05) is 31.7 Å². The van der Waals surface area contributed by atoms with Crippen molar-refractivity contribution >= 4 is 17.5 Å². The van der Waals surface area contributed by atoms with Crippen molar-refractivity contribution in [3.8, 4) is 0 Å². The van der Waals surface area contributed by atoms with Crippen molar-refractivity contribution < 1.29 is 22.7 Å². The van der Waals surface area contributed by atoms with Gasteiger partial charge in [-0.2, -0.15) is 13.2 Å². The Morgan fingerprint density at radius 1 is 1.17 bits per heavy atom. The first kappa shape index (κ1) is 17.7. The van der Waals surface area contributed by atoms with Crippen LogP contribution in [0.1, 0.15) is 15.9 Å². The number of ether oxygens (including phenoxy) is 1. The Balaban J connectivity index is 1.97. The van der Waals surface area contributed by atoms with Crippen molar-refractivity contribution in [3.63, 3.8) is 0 Å². The highest BCUT2D eigenvalue weighted by molar-refractivity contribution is 5.93. The highest BCUT2D eigenvalue weighted by Crippen LogP contribution is 2.30. The highest BCUT2D eigenvalue weighted by atomic mass is 19.4. The average Bonchev–Trinajstić information content (AvgIpc) is 2.55. The van der Waals surface area contributed by atoms with Crippen LogP contribution < -0.4 is 10.6 Å². The van der Waals surface area contributed by atoms with Crippen LogP contribution in [0.25, 0.3) is 0 Å². The molecule has 0 bridgehead atoms. The zero-order chi connectivity index (χ0) is 17.6. The molecule has 1 heterocycles. The molecular weight excluding hydrogens is 325 g/mol. The minimum absolute atomic E-state index is 0.170. The maximum absolute atomic E-state index is 12.5. The lowest BCUT2D eigenvalue weighted by atomic mass is 10.2. The number of carbonyl (C=O) groups excluding carboxylic acids is 1. The normalized spacial score (nSPS) is 11.2. The molecule has 0 spiro atoms. The van der Waals surface area contributed by atoms with Crippen LogP contribution in [0.4, 0.5) is 24.8 Å². The van der Waals surface area contributed by atoms with Gasteiger partial charge in [0.25, 0.3) is 5.91 Å². The second-order valence-electron chi connectivity index (χ2n) is 4.74. The molecule has 0 radical (unpaired) electrons. The van der Waals surface area contributed by atoms with Gasteiger partial charge in [-0.05, 0) is 24.3 Å². The molecule has 2 N–H and O–H groups in total. The minimum Gasteiger partial charge on any atom is -0.383 e. The van der Waals surface area contributed by atoms with Gasteiger partial charge < -0.3 is 15.4 Å². The zero-order valence-corrected chi connectivity index (χ0v) is 12.7. The summed E-state index contributed by atoms with van der Waals surface area (Å²) in [5.74, 6) is -0.170. The first-order chi connectivity index (χ1) is 11.4. The maximum Gasteiger partial charge on any atom is 0.416 e. The minimum atomic E-state index is -4.38. The number of amides is 1. The molecule has 9 heteroatoms. The number of hydrogen-bond donors (Lipinski definition) is 2. The summed E-state index contributed by atoms with van der Waals surface area (Å²) in [4.78, 5) is 19.7. The second kappa shape index (κ2) is 7.73. The fourth-order valence-electron chi connectivity index (χ4n) is 1.75. The molecule has 0 aliphatic heterocycles. The van der Waals surface area contributed by atoms with Gasteiger partial charge in [-0.15, -0.1) is 0 Å². The van der Waals surface area contributed by atoms with E-state index in [1.807, 2.05) is 0 Å². The molecule has 2 aromatic rings. The quantitative estimate of drug-likeness (QED) is 0.791. The zero-order valence-electron chi connectivity index (χ0n) is 12.7. The van der Waals surface area contributed by atoms with Crippen LogP contribution in [-0.2, 0) is 10.9 Å². The smallest absolute Gasteiger partial charge is 0.383 e. The van der Waals surface area contributed by atoms with Gasteiger partial charge in [-0.25, -0.2) is 9.97 Å². The molecule has 24 heavy (non-hydrogen) atoms. The monoisotopic (exact) mass is 340 g/mol. The Morgan fingerprint density at radius 2 is 1.79 bits per heavy atom. The lowest BCUT2D eigenvalue weighted by Gasteiger charge is -2.09. The molecular formula is C15H15F3N4O2. The van der Waals surface area contributed by atoms with Crippen LogP contribution in [0.3, 0.4) is 0 Å². The van der Waals surface area contributed by atoms with E-state index in [2.05, 4.69) is 20.6 Å². The van der Waals surface area contributed by atoms with Gasteiger partial charge in [0.1, 0.15) is 0 Å². The molecule has 0 saturated carbocycles. The topological polar surface area (TPSA) is 76.1 Å². The molecule has 128 valence electrons. The van der Waals surface area contributed by atoms with E-state index in [9.17, 15) is 18.0 Å². The molecule has 0 atom stereocenters. The van der Waals surface area contributed by atoms with Crippen LogP contribution in [0.5, 0.6) is 0 Å². The number of benzene rings is 1. The molecule has 0 fully saturated rings. The Kier molecular flexibility index (Phi) is 5.69. The predicted molar refractivity (Wildman–Crippen MR) is 81.0 cm³/mol. The largest absolute Gasteiger partial charge is 0.416 e. The molecule has 0 aliphatic rings. The van der Waals surface area contributed by atoms with Crippen LogP contribution in [0, 0.1) is 0 Å². The molecule has 6 nitrogen and oxygen atoms in total. The van der Waals surface area contributed by atoms with Crippen molar-refractivity contribution in [1.82, 2.24) is 15.3 Å². The van der Waals surface area contributed by atoms with Crippen LogP contribution >= 0.6 is 0 Å². The molecule has 1 amide bonds. The summed E-state index contributed by atoms with van der Waals surface area (Å²) in [6, 6.07) is 4.47. The summed E-state index contributed by atoms with van der Waals surface area (Å²) < 4.78 is 42.3. The number of alkyl halides is 3. The molecule has 0 aliphatic carbocycles. The molecule has 1 aromatic carbocycles. The van der Waals surface area contributed by atoms with Crippen LogP contribution in [0.2, 0.25) is 0 Å². The SMILES string of the molecule is COCCNC(=O)c1cnc(Nc2ccc(C(F)(F)F)cc2)nc1. The maximum atomic E-state index is 12.5. The average molecular weight is 340 g/mol. The molecule has 2 rings (SSSR count). The highest BCUT2D eigenvalue weighted by Gasteiger charge is 2.29. The molecule has 0 saturated heterocycles. The fourth-order valence-corrected chi connectivity index (χ4v) is 1.75. The van der Waals surface area contributed by atoms with Gasteiger partial charge in [0.05, 0.1) is 17.7 Å². The summed E-state index contributed by atoms with van der Waals surface area (Å²) >= 11 is 0. The van der Waals surface area contributed by atoms with E-state index >= 15 is 0 Å². The van der Waals surface area contributed by atoms with Gasteiger partial charge >= 0.3 is 6.18 Å². The summed E-state index contributed by atoms with van der Waals surface area (Å²) in [7, 11) is 1.52. The first-order valence-electron chi connectivity index (χ1n) is 6.93. The third kappa shape index (κ3) is 4.92. The van der Waals surface area contributed by atoms with Crippen molar-refractivity contribution in [2.45, 2.75) is 6.18 Å². The van der Waals surface area contributed by atoms with Gasteiger partial charge in [-0.3, -0.25) is 4.79 Å². The standard InChI is InChI=1S/C15H15F3N4O2/c1-24-7-6-19-13(23)10-8-20-14(21-9-10)22-12-4-2-11(3-5-12)15(16,17)18/h2-5,8-9H,6-7H2,1H3,(H,19,23)(H,20,21,22). The number of halogens is 3. The fraction of sp³-hybridized carbons (Fsp3) is 0.267. The summed E-state index contributed by atoms with van der Waals surface area (Å²) in [6.07, 6.45) is -1.74. The summed E-state index contributed by atoms with van der Waals surface area (Å²) in [6.45, 7) is 0.751. The lowest BCUT2D eigenvalue weighted by molar-refractivity contribution is -0.137. The number of carbonyl (C=O) groups is 1. The van der Waals surface area contributed by atoms with E-state index in [4.69, 9.17) is 4.74 Å². The van der Waals surface area contributed by atoms with E-state index in [1.54, 1.807) is 0 Å². The number of rotatable bonds is 6. The van der Waals surface area contributed by atoms with Crippen molar-refractivity contribution in [1.29, 1.82) is 0 Å². The van der Waals surface area contributed by atoms with Crippen LogP contribution in [0.15, 0.2) is 36.7 Å². The van der Waals surface area contributed by atoms with E-state index in [-0.39, 0.29) is 17.4 Å².